The lowest BCUT2D eigenvalue weighted by atomic mass is 10.3. The van der Waals surface area contributed by atoms with Gasteiger partial charge in [-0.05, 0) is 6.92 Å². The number of rotatable bonds is 2. The third-order valence-electron chi connectivity index (χ3n) is 3.72. The summed E-state index contributed by atoms with van der Waals surface area (Å²) in [6.07, 6.45) is 2.09. The number of carbonyl (C=O) groups excluding carboxylic acids is 2. The lowest BCUT2D eigenvalue weighted by Crippen LogP contribution is -2.34. The Balaban J connectivity index is 1.79. The average Bonchev–Trinajstić information content (AvgIpc) is 2.80. The van der Waals surface area contributed by atoms with Gasteiger partial charge in [-0.1, -0.05) is 0 Å². The van der Waals surface area contributed by atoms with E-state index in [1.807, 2.05) is 4.57 Å². The number of fused-ring (bicyclic) bond motifs is 1. The van der Waals surface area contributed by atoms with Gasteiger partial charge in [0.15, 0.2) is 11.2 Å². The van der Waals surface area contributed by atoms with Crippen molar-refractivity contribution in [2.24, 2.45) is 5.73 Å². The zero-order chi connectivity index (χ0) is 16.6. The van der Waals surface area contributed by atoms with Crippen LogP contribution in [0.25, 0.3) is 0 Å². The van der Waals surface area contributed by atoms with Crippen LogP contribution in [0.3, 0.4) is 0 Å². The molecule has 0 aliphatic carbocycles. The second-order valence-electron chi connectivity index (χ2n) is 5.41. The number of hydrogen-bond donors (Lipinski definition) is 1. The van der Waals surface area contributed by atoms with Gasteiger partial charge >= 0.3 is 0 Å². The van der Waals surface area contributed by atoms with Crippen LogP contribution >= 0.6 is 0 Å². The first kappa shape index (κ1) is 15.0. The number of carbonyl (C=O) groups is 2. The van der Waals surface area contributed by atoms with E-state index in [-0.39, 0.29) is 22.8 Å². The summed E-state index contributed by atoms with van der Waals surface area (Å²) >= 11 is 0. The van der Waals surface area contributed by atoms with Gasteiger partial charge < -0.3 is 19.6 Å². The van der Waals surface area contributed by atoms with E-state index in [0.29, 0.717) is 37.6 Å². The number of amides is 2. The number of hydrogen-bond acceptors (Lipinski definition) is 5. The van der Waals surface area contributed by atoms with E-state index < -0.39 is 5.91 Å². The molecule has 2 aromatic heterocycles. The molecule has 3 rings (SSSR count). The molecule has 2 aromatic rings. The maximum Gasteiger partial charge on any atom is 0.289 e. The van der Waals surface area contributed by atoms with E-state index in [1.165, 1.54) is 12.1 Å². The van der Waals surface area contributed by atoms with E-state index in [9.17, 15) is 14.4 Å². The first-order chi connectivity index (χ1) is 10.9. The normalized spacial score (nSPS) is 14.2. The van der Waals surface area contributed by atoms with Gasteiger partial charge in [0.05, 0.1) is 0 Å². The average molecular weight is 316 g/mol. The van der Waals surface area contributed by atoms with E-state index in [2.05, 4.69) is 4.98 Å². The lowest BCUT2D eigenvalue weighted by Gasteiger charge is -2.19. The van der Waals surface area contributed by atoms with Crippen molar-refractivity contribution in [2.45, 2.75) is 19.9 Å². The Morgan fingerprint density at radius 3 is 2.74 bits per heavy atom. The van der Waals surface area contributed by atoms with Crippen molar-refractivity contribution in [1.82, 2.24) is 14.5 Å². The molecule has 0 fully saturated rings. The molecule has 8 heteroatoms. The monoisotopic (exact) mass is 316 g/mol. The van der Waals surface area contributed by atoms with Gasteiger partial charge in [-0.15, -0.1) is 0 Å². The fraction of sp³-hybridized carbons (Fsp3) is 0.333. The predicted octanol–water partition coefficient (Wildman–Crippen LogP) is -0.0579. The topological polar surface area (TPSA) is 111 Å². The van der Waals surface area contributed by atoms with Crippen LogP contribution in [-0.2, 0) is 13.0 Å². The molecular weight excluding hydrogens is 300 g/mol. The smallest absolute Gasteiger partial charge is 0.289 e. The highest BCUT2D eigenvalue weighted by molar-refractivity contribution is 5.91. The Morgan fingerprint density at radius 2 is 2.04 bits per heavy atom. The number of nitrogens with zero attached hydrogens (tertiary/aromatic N) is 3. The van der Waals surface area contributed by atoms with Crippen LogP contribution in [0.5, 0.6) is 0 Å². The van der Waals surface area contributed by atoms with Gasteiger partial charge in [-0.25, -0.2) is 4.98 Å². The molecule has 0 radical (unpaired) electrons. The molecule has 0 atom stereocenters. The zero-order valence-electron chi connectivity index (χ0n) is 12.6. The standard InChI is InChI=1S/C15H16N4O4/c1-9-6-10(20)7-12(23-9)15(22)18-3-2-13-17-11(14(16)21)8-19(13)5-4-18/h6-8H,2-5H2,1H3,(H2,16,21). The van der Waals surface area contributed by atoms with Crippen LogP contribution < -0.4 is 11.2 Å². The fourth-order valence-corrected chi connectivity index (χ4v) is 2.61. The minimum Gasteiger partial charge on any atom is -0.456 e. The summed E-state index contributed by atoms with van der Waals surface area (Å²) in [5, 5.41) is 0. The third kappa shape index (κ3) is 3.01. The van der Waals surface area contributed by atoms with Gasteiger partial charge in [0.1, 0.15) is 17.3 Å². The minimum absolute atomic E-state index is 0.0346. The number of aryl methyl sites for hydroxylation is 1. The van der Waals surface area contributed by atoms with E-state index >= 15 is 0 Å². The molecule has 0 bridgehead atoms. The van der Waals surface area contributed by atoms with E-state index in [4.69, 9.17) is 10.2 Å². The van der Waals surface area contributed by atoms with E-state index in [0.717, 1.165) is 0 Å². The lowest BCUT2D eigenvalue weighted by molar-refractivity contribution is 0.0722. The van der Waals surface area contributed by atoms with Crippen LogP contribution in [0.4, 0.5) is 0 Å². The quantitative estimate of drug-likeness (QED) is 0.834. The molecule has 0 spiro atoms. The zero-order valence-corrected chi connectivity index (χ0v) is 12.6. The molecule has 1 aliphatic rings. The largest absolute Gasteiger partial charge is 0.456 e. The molecule has 2 N–H and O–H groups in total. The summed E-state index contributed by atoms with van der Waals surface area (Å²) in [7, 11) is 0. The van der Waals surface area contributed by atoms with Crippen molar-refractivity contribution < 1.29 is 14.0 Å². The molecule has 23 heavy (non-hydrogen) atoms. The number of nitrogens with two attached hydrogens (primary N) is 1. The van der Waals surface area contributed by atoms with Crippen molar-refractivity contribution >= 4 is 11.8 Å². The summed E-state index contributed by atoms with van der Waals surface area (Å²) in [6, 6.07) is 2.53. The summed E-state index contributed by atoms with van der Waals surface area (Å²) in [5.74, 6) is 0.244. The Hall–Kier alpha value is -2.90. The molecule has 120 valence electrons. The van der Waals surface area contributed by atoms with Crippen LogP contribution in [0.1, 0.15) is 32.6 Å². The molecule has 0 aromatic carbocycles. The van der Waals surface area contributed by atoms with Crippen LogP contribution in [0.15, 0.2) is 27.5 Å². The highest BCUT2D eigenvalue weighted by atomic mass is 16.3. The Morgan fingerprint density at radius 1 is 1.26 bits per heavy atom. The molecule has 0 saturated heterocycles. The van der Waals surface area contributed by atoms with Gasteiger partial charge in [0, 0.05) is 44.4 Å². The first-order valence-corrected chi connectivity index (χ1v) is 7.21. The van der Waals surface area contributed by atoms with Gasteiger partial charge in [0.2, 0.25) is 0 Å². The van der Waals surface area contributed by atoms with Gasteiger partial charge in [0.25, 0.3) is 11.8 Å². The second-order valence-corrected chi connectivity index (χ2v) is 5.41. The Labute approximate surface area is 131 Å². The molecule has 1 aliphatic heterocycles. The summed E-state index contributed by atoms with van der Waals surface area (Å²) in [6.45, 7) is 2.97. The molecule has 8 nitrogen and oxygen atoms in total. The summed E-state index contributed by atoms with van der Waals surface area (Å²) in [4.78, 5) is 41.0. The third-order valence-corrected chi connectivity index (χ3v) is 3.72. The van der Waals surface area contributed by atoms with Crippen LogP contribution in [0.2, 0.25) is 0 Å². The highest BCUT2D eigenvalue weighted by Gasteiger charge is 2.23. The summed E-state index contributed by atoms with van der Waals surface area (Å²) < 4.78 is 7.17. The molecule has 0 saturated carbocycles. The Bertz CT molecular complexity index is 811. The fourth-order valence-electron chi connectivity index (χ4n) is 2.61. The van der Waals surface area contributed by atoms with Crippen molar-refractivity contribution in [1.29, 1.82) is 0 Å². The molecule has 3 heterocycles. The number of imidazole rings is 1. The van der Waals surface area contributed by atoms with E-state index in [1.54, 1.807) is 18.0 Å². The van der Waals surface area contributed by atoms with Crippen molar-refractivity contribution in [2.75, 3.05) is 13.1 Å². The SMILES string of the molecule is Cc1cc(=O)cc(C(=O)N2CCc3nc(C(N)=O)cn3CC2)o1. The van der Waals surface area contributed by atoms with Gasteiger partial charge in [-0.2, -0.15) is 0 Å². The molecule has 0 unspecified atom stereocenters. The minimum atomic E-state index is -0.569. The predicted molar refractivity (Wildman–Crippen MR) is 80.1 cm³/mol. The summed E-state index contributed by atoms with van der Waals surface area (Å²) in [5.41, 5.74) is 5.19. The highest BCUT2D eigenvalue weighted by Crippen LogP contribution is 2.13. The molecular formula is C15H16N4O4. The van der Waals surface area contributed by atoms with Crippen molar-refractivity contribution in [3.8, 4) is 0 Å². The number of primary amides is 1. The van der Waals surface area contributed by atoms with Crippen LogP contribution in [0, 0.1) is 6.92 Å². The first-order valence-electron chi connectivity index (χ1n) is 7.21. The van der Waals surface area contributed by atoms with Crippen molar-refractivity contribution in [3.63, 3.8) is 0 Å². The van der Waals surface area contributed by atoms with Gasteiger partial charge in [-0.3, -0.25) is 14.4 Å². The maximum atomic E-state index is 12.5. The molecule has 2 amide bonds. The Kier molecular flexibility index (Phi) is 3.73. The van der Waals surface area contributed by atoms with Crippen LogP contribution in [-0.4, -0.2) is 39.4 Å². The maximum absolute atomic E-state index is 12.5. The second kappa shape index (κ2) is 5.71. The number of aromatic nitrogens is 2. The van der Waals surface area contributed by atoms with Crippen molar-refractivity contribution in [3.05, 3.63) is 51.6 Å².